The first-order valence-corrected chi connectivity index (χ1v) is 7.14. The van der Waals surface area contributed by atoms with Crippen LogP contribution in [0.3, 0.4) is 0 Å². The van der Waals surface area contributed by atoms with Gasteiger partial charge < -0.3 is 11.1 Å². The van der Waals surface area contributed by atoms with E-state index in [9.17, 15) is 0 Å². The smallest absolute Gasteiger partial charge is 0.0404 e. The van der Waals surface area contributed by atoms with Gasteiger partial charge in [-0.25, -0.2) is 0 Å². The SMILES string of the molecule is CCCNC(Cc1cccs1)c1cnccc1N. The lowest BCUT2D eigenvalue weighted by Crippen LogP contribution is -2.24. The topological polar surface area (TPSA) is 50.9 Å². The summed E-state index contributed by atoms with van der Waals surface area (Å²) in [7, 11) is 0. The number of pyridine rings is 1. The second kappa shape index (κ2) is 6.52. The number of thiophene rings is 1. The number of aromatic nitrogens is 1. The van der Waals surface area contributed by atoms with Crippen molar-refractivity contribution in [1.82, 2.24) is 10.3 Å². The molecule has 0 aliphatic carbocycles. The highest BCUT2D eigenvalue weighted by Crippen LogP contribution is 2.24. The predicted octanol–water partition coefficient (Wildman–Crippen LogP) is 3.01. The second-order valence-electron chi connectivity index (χ2n) is 4.29. The highest BCUT2D eigenvalue weighted by molar-refractivity contribution is 7.09. The van der Waals surface area contributed by atoms with Crippen LogP contribution in [0.25, 0.3) is 0 Å². The van der Waals surface area contributed by atoms with Crippen LogP contribution in [0.1, 0.15) is 29.8 Å². The van der Waals surface area contributed by atoms with Crippen molar-refractivity contribution < 1.29 is 0 Å². The molecule has 2 rings (SSSR count). The van der Waals surface area contributed by atoms with Crippen LogP contribution < -0.4 is 11.1 Å². The van der Waals surface area contributed by atoms with E-state index in [1.807, 2.05) is 12.3 Å². The Balaban J connectivity index is 2.16. The van der Waals surface area contributed by atoms with Gasteiger partial charge in [0.15, 0.2) is 0 Å². The first-order valence-electron chi connectivity index (χ1n) is 6.26. The average molecular weight is 261 g/mol. The molecule has 2 heterocycles. The molecular formula is C14H19N3S. The molecule has 0 spiro atoms. The van der Waals surface area contributed by atoms with Crippen molar-refractivity contribution in [2.45, 2.75) is 25.8 Å². The Kier molecular flexibility index (Phi) is 4.73. The van der Waals surface area contributed by atoms with Gasteiger partial charge in [-0.2, -0.15) is 0 Å². The third-order valence-electron chi connectivity index (χ3n) is 2.89. The molecule has 3 N–H and O–H groups in total. The molecule has 2 aromatic heterocycles. The fourth-order valence-corrected chi connectivity index (χ4v) is 2.70. The molecule has 0 aliphatic heterocycles. The van der Waals surface area contributed by atoms with Gasteiger partial charge in [-0.3, -0.25) is 4.98 Å². The lowest BCUT2D eigenvalue weighted by molar-refractivity contribution is 0.532. The van der Waals surface area contributed by atoms with E-state index in [1.54, 1.807) is 17.5 Å². The quantitative estimate of drug-likeness (QED) is 0.840. The number of nitrogen functional groups attached to an aromatic ring is 1. The van der Waals surface area contributed by atoms with Gasteiger partial charge in [0.1, 0.15) is 0 Å². The highest BCUT2D eigenvalue weighted by Gasteiger charge is 2.14. The Bertz CT molecular complexity index is 468. The molecule has 0 amide bonds. The summed E-state index contributed by atoms with van der Waals surface area (Å²) in [5.41, 5.74) is 7.96. The summed E-state index contributed by atoms with van der Waals surface area (Å²) in [6, 6.07) is 6.36. The Morgan fingerprint density at radius 3 is 3.00 bits per heavy atom. The van der Waals surface area contributed by atoms with E-state index in [0.29, 0.717) is 0 Å². The molecule has 18 heavy (non-hydrogen) atoms. The van der Waals surface area contributed by atoms with E-state index in [2.05, 4.69) is 34.7 Å². The lowest BCUT2D eigenvalue weighted by Gasteiger charge is -2.19. The van der Waals surface area contributed by atoms with Gasteiger partial charge in [0.05, 0.1) is 0 Å². The first-order chi connectivity index (χ1) is 8.81. The van der Waals surface area contributed by atoms with Crippen LogP contribution >= 0.6 is 11.3 Å². The molecule has 0 aromatic carbocycles. The standard InChI is InChI=1S/C14H19N3S/c1-2-6-17-14(9-11-4-3-8-18-11)12-10-16-7-5-13(12)15/h3-5,7-8,10,14,17H,2,6,9H2,1H3,(H2,15,16). The molecule has 4 heteroatoms. The molecule has 0 fully saturated rings. The molecule has 0 bridgehead atoms. The number of nitrogens with one attached hydrogen (secondary N) is 1. The number of nitrogens with two attached hydrogens (primary N) is 1. The van der Waals surface area contributed by atoms with Crippen LogP contribution in [0.5, 0.6) is 0 Å². The van der Waals surface area contributed by atoms with Gasteiger partial charge in [0, 0.05) is 41.0 Å². The molecule has 1 atom stereocenters. The summed E-state index contributed by atoms with van der Waals surface area (Å²) < 4.78 is 0. The fourth-order valence-electron chi connectivity index (χ4n) is 1.95. The maximum Gasteiger partial charge on any atom is 0.0404 e. The Hall–Kier alpha value is -1.39. The van der Waals surface area contributed by atoms with E-state index in [0.717, 1.165) is 30.6 Å². The Labute approximate surface area is 112 Å². The first kappa shape index (κ1) is 13.1. The molecule has 0 saturated carbocycles. The second-order valence-corrected chi connectivity index (χ2v) is 5.33. The molecule has 0 aliphatic rings. The van der Waals surface area contributed by atoms with Gasteiger partial charge in [-0.1, -0.05) is 13.0 Å². The van der Waals surface area contributed by atoms with Crippen LogP contribution in [-0.4, -0.2) is 11.5 Å². The fraction of sp³-hybridized carbons (Fsp3) is 0.357. The number of hydrogen-bond acceptors (Lipinski definition) is 4. The van der Waals surface area contributed by atoms with Crippen LogP contribution in [0, 0.1) is 0 Å². The van der Waals surface area contributed by atoms with Crippen LogP contribution in [0.4, 0.5) is 5.69 Å². The van der Waals surface area contributed by atoms with E-state index in [-0.39, 0.29) is 6.04 Å². The normalized spacial score (nSPS) is 12.5. The Morgan fingerprint density at radius 2 is 2.33 bits per heavy atom. The van der Waals surface area contributed by atoms with Gasteiger partial charge in [0.25, 0.3) is 0 Å². The Morgan fingerprint density at radius 1 is 1.44 bits per heavy atom. The van der Waals surface area contributed by atoms with Crippen molar-refractivity contribution in [2.75, 3.05) is 12.3 Å². The summed E-state index contributed by atoms with van der Waals surface area (Å²) >= 11 is 1.78. The van der Waals surface area contributed by atoms with E-state index in [1.165, 1.54) is 4.88 Å². The predicted molar refractivity (Wildman–Crippen MR) is 77.7 cm³/mol. The van der Waals surface area contributed by atoms with Gasteiger partial charge in [-0.15, -0.1) is 11.3 Å². The summed E-state index contributed by atoms with van der Waals surface area (Å²) in [5.74, 6) is 0. The molecule has 0 radical (unpaired) electrons. The van der Waals surface area contributed by atoms with Crippen LogP contribution in [-0.2, 0) is 6.42 Å². The summed E-state index contributed by atoms with van der Waals surface area (Å²) in [6.07, 6.45) is 5.69. The van der Waals surface area contributed by atoms with Gasteiger partial charge in [-0.05, 0) is 30.5 Å². The van der Waals surface area contributed by atoms with Crippen molar-refractivity contribution >= 4 is 17.0 Å². The van der Waals surface area contributed by atoms with Crippen LogP contribution in [0.2, 0.25) is 0 Å². The lowest BCUT2D eigenvalue weighted by atomic mass is 10.0. The minimum absolute atomic E-state index is 0.247. The zero-order valence-corrected chi connectivity index (χ0v) is 11.4. The molecular weight excluding hydrogens is 242 g/mol. The average Bonchev–Trinajstić information content (AvgIpc) is 2.88. The maximum atomic E-state index is 6.05. The monoisotopic (exact) mass is 261 g/mol. The number of rotatable bonds is 6. The molecule has 2 aromatic rings. The molecule has 1 unspecified atom stereocenters. The number of hydrogen-bond donors (Lipinski definition) is 2. The van der Waals surface area contributed by atoms with Crippen LogP contribution in [0.15, 0.2) is 36.0 Å². The van der Waals surface area contributed by atoms with Gasteiger partial charge in [0.2, 0.25) is 0 Å². The summed E-state index contributed by atoms with van der Waals surface area (Å²) in [5, 5.41) is 5.66. The molecule has 3 nitrogen and oxygen atoms in total. The molecule has 96 valence electrons. The number of anilines is 1. The van der Waals surface area contributed by atoms with Crippen molar-refractivity contribution in [3.63, 3.8) is 0 Å². The largest absolute Gasteiger partial charge is 0.398 e. The van der Waals surface area contributed by atoms with E-state index < -0.39 is 0 Å². The minimum atomic E-state index is 0.247. The third kappa shape index (κ3) is 3.31. The summed E-state index contributed by atoms with van der Waals surface area (Å²) in [6.45, 7) is 3.16. The van der Waals surface area contributed by atoms with Crippen molar-refractivity contribution in [1.29, 1.82) is 0 Å². The van der Waals surface area contributed by atoms with E-state index >= 15 is 0 Å². The third-order valence-corrected chi connectivity index (χ3v) is 3.79. The van der Waals surface area contributed by atoms with Gasteiger partial charge >= 0.3 is 0 Å². The zero-order chi connectivity index (χ0) is 12.8. The highest BCUT2D eigenvalue weighted by atomic mass is 32.1. The minimum Gasteiger partial charge on any atom is -0.398 e. The number of nitrogens with zero attached hydrogens (tertiary/aromatic N) is 1. The zero-order valence-electron chi connectivity index (χ0n) is 10.6. The van der Waals surface area contributed by atoms with Crippen molar-refractivity contribution in [3.05, 3.63) is 46.4 Å². The van der Waals surface area contributed by atoms with Crippen molar-refractivity contribution in [3.8, 4) is 0 Å². The summed E-state index contributed by atoms with van der Waals surface area (Å²) in [4.78, 5) is 5.55. The van der Waals surface area contributed by atoms with E-state index in [4.69, 9.17) is 5.73 Å². The molecule has 0 saturated heterocycles. The maximum absolute atomic E-state index is 6.05. The van der Waals surface area contributed by atoms with Crippen molar-refractivity contribution in [2.24, 2.45) is 0 Å².